The summed E-state index contributed by atoms with van der Waals surface area (Å²) in [5.41, 5.74) is 1.35. The van der Waals surface area contributed by atoms with Crippen LogP contribution >= 0.6 is 0 Å². The van der Waals surface area contributed by atoms with E-state index in [-0.39, 0.29) is 17.0 Å². The van der Waals surface area contributed by atoms with Gasteiger partial charge in [-0.3, -0.25) is 14.5 Å². The normalized spacial score (nSPS) is 17.3. The molecule has 5 rings (SSSR count). The van der Waals surface area contributed by atoms with Gasteiger partial charge in [0.25, 0.3) is 11.7 Å². The van der Waals surface area contributed by atoms with Crippen molar-refractivity contribution in [3.05, 3.63) is 101 Å². The lowest BCUT2D eigenvalue weighted by Crippen LogP contribution is -2.29. The van der Waals surface area contributed by atoms with Crippen LogP contribution in [0.2, 0.25) is 0 Å². The number of anilines is 1. The zero-order chi connectivity index (χ0) is 24.7. The fraction of sp³-hybridized carbons (Fsp3) is 0.111. The molecule has 1 atom stereocenters. The number of hydrogen-bond acceptors (Lipinski definition) is 4. The molecule has 1 aliphatic rings. The van der Waals surface area contributed by atoms with E-state index in [1.54, 1.807) is 42.6 Å². The fourth-order valence-corrected chi connectivity index (χ4v) is 4.40. The Morgan fingerprint density at radius 3 is 2.60 bits per heavy atom. The Morgan fingerprint density at radius 2 is 1.83 bits per heavy atom. The molecule has 2 heterocycles. The first-order valence-electron chi connectivity index (χ1n) is 11.0. The van der Waals surface area contributed by atoms with Crippen molar-refractivity contribution >= 4 is 34.0 Å². The van der Waals surface area contributed by atoms with Crippen LogP contribution in [0.5, 0.6) is 5.75 Å². The van der Waals surface area contributed by atoms with Gasteiger partial charge in [-0.2, -0.15) is 0 Å². The van der Waals surface area contributed by atoms with Crippen molar-refractivity contribution in [3.8, 4) is 5.75 Å². The second-order valence-electron chi connectivity index (χ2n) is 8.02. The van der Waals surface area contributed by atoms with Gasteiger partial charge in [0.05, 0.1) is 18.2 Å². The van der Waals surface area contributed by atoms with E-state index in [1.165, 1.54) is 6.07 Å². The van der Waals surface area contributed by atoms with E-state index in [9.17, 15) is 23.5 Å². The Morgan fingerprint density at radius 1 is 1.03 bits per heavy atom. The van der Waals surface area contributed by atoms with E-state index in [1.807, 2.05) is 19.1 Å². The summed E-state index contributed by atoms with van der Waals surface area (Å²) >= 11 is 0. The van der Waals surface area contributed by atoms with E-state index in [2.05, 4.69) is 4.98 Å². The number of aromatic nitrogens is 1. The van der Waals surface area contributed by atoms with Crippen LogP contribution < -0.4 is 9.64 Å². The molecule has 1 fully saturated rings. The van der Waals surface area contributed by atoms with Gasteiger partial charge < -0.3 is 14.8 Å². The molecule has 2 N–H and O–H groups in total. The maximum atomic E-state index is 14.1. The largest absolute Gasteiger partial charge is 0.507 e. The molecular formula is C27H20F2N2O4. The smallest absolute Gasteiger partial charge is 0.300 e. The molecule has 3 aromatic carbocycles. The summed E-state index contributed by atoms with van der Waals surface area (Å²) < 4.78 is 33.3. The molecule has 4 aromatic rings. The number of ether oxygens (including phenoxy) is 1. The molecule has 8 heteroatoms. The van der Waals surface area contributed by atoms with Gasteiger partial charge in [0.1, 0.15) is 11.5 Å². The average molecular weight is 474 g/mol. The number of carbonyl (C=O) groups is 2. The summed E-state index contributed by atoms with van der Waals surface area (Å²) in [6, 6.07) is 15.8. The van der Waals surface area contributed by atoms with Gasteiger partial charge in [0.15, 0.2) is 11.6 Å². The molecule has 176 valence electrons. The van der Waals surface area contributed by atoms with Gasteiger partial charge in [-0.15, -0.1) is 0 Å². The first kappa shape index (κ1) is 22.3. The van der Waals surface area contributed by atoms with Crippen LogP contribution in [0.25, 0.3) is 16.7 Å². The maximum absolute atomic E-state index is 14.1. The molecule has 0 radical (unpaired) electrons. The van der Waals surface area contributed by atoms with Crippen molar-refractivity contribution in [1.82, 2.24) is 4.98 Å². The topological polar surface area (TPSA) is 82.6 Å². The molecule has 6 nitrogen and oxygen atoms in total. The van der Waals surface area contributed by atoms with Crippen LogP contribution in [-0.2, 0) is 9.59 Å². The van der Waals surface area contributed by atoms with E-state index in [0.717, 1.165) is 22.5 Å². The van der Waals surface area contributed by atoms with E-state index >= 15 is 0 Å². The lowest BCUT2D eigenvalue weighted by atomic mass is 9.94. The standard InChI is InChI=1S/C27H20F2N2O4/c1-2-35-17-7-5-6-15(12-17)24-23(25(32)19-14-30-22-9-4-3-8-18(19)22)26(33)27(34)31(24)16-10-11-20(28)21(29)13-16/h3-14,24,30,32H,2H2,1H3/b25-23-. The van der Waals surface area contributed by atoms with Gasteiger partial charge >= 0.3 is 0 Å². The first-order chi connectivity index (χ1) is 16.9. The van der Waals surface area contributed by atoms with Crippen molar-refractivity contribution in [2.45, 2.75) is 13.0 Å². The predicted molar refractivity (Wildman–Crippen MR) is 127 cm³/mol. The van der Waals surface area contributed by atoms with Gasteiger partial charge in [-0.25, -0.2) is 8.78 Å². The van der Waals surface area contributed by atoms with E-state index in [4.69, 9.17) is 4.74 Å². The number of amides is 1. The number of nitrogens with zero attached hydrogens (tertiary/aromatic N) is 1. The fourth-order valence-electron chi connectivity index (χ4n) is 4.40. The number of rotatable bonds is 5. The van der Waals surface area contributed by atoms with Gasteiger partial charge in [-0.05, 0) is 42.8 Å². The number of nitrogens with one attached hydrogen (secondary N) is 1. The molecular weight excluding hydrogens is 454 g/mol. The van der Waals surface area contributed by atoms with Crippen molar-refractivity contribution in [2.75, 3.05) is 11.5 Å². The Bertz CT molecular complexity index is 1510. The molecule has 0 aliphatic carbocycles. The monoisotopic (exact) mass is 474 g/mol. The third-order valence-electron chi connectivity index (χ3n) is 5.95. The lowest BCUT2D eigenvalue weighted by Gasteiger charge is -2.25. The number of benzene rings is 3. The maximum Gasteiger partial charge on any atom is 0.300 e. The van der Waals surface area contributed by atoms with E-state index in [0.29, 0.717) is 28.9 Å². The number of aliphatic hydroxyl groups excluding tert-OH is 1. The number of halogens is 2. The zero-order valence-electron chi connectivity index (χ0n) is 18.6. The molecule has 1 aliphatic heterocycles. The third kappa shape index (κ3) is 3.73. The van der Waals surface area contributed by atoms with Crippen molar-refractivity contribution < 1.29 is 28.2 Å². The Labute approximate surface area is 199 Å². The Kier molecular flexibility index (Phi) is 5.56. The highest BCUT2D eigenvalue weighted by Crippen LogP contribution is 2.43. The summed E-state index contributed by atoms with van der Waals surface area (Å²) in [4.78, 5) is 30.6. The molecule has 0 bridgehead atoms. The number of H-pyrrole nitrogens is 1. The highest BCUT2D eigenvalue weighted by atomic mass is 19.2. The van der Waals surface area contributed by atoms with Crippen molar-refractivity contribution in [2.24, 2.45) is 0 Å². The summed E-state index contributed by atoms with van der Waals surface area (Å²) in [6.45, 7) is 2.21. The average Bonchev–Trinajstić information content (AvgIpc) is 3.40. The quantitative estimate of drug-likeness (QED) is 0.228. The molecule has 0 spiro atoms. The van der Waals surface area contributed by atoms with Gasteiger partial charge in [0, 0.05) is 34.4 Å². The summed E-state index contributed by atoms with van der Waals surface area (Å²) in [5, 5.41) is 12.0. The summed E-state index contributed by atoms with van der Waals surface area (Å²) in [7, 11) is 0. The van der Waals surface area contributed by atoms with Gasteiger partial charge in [-0.1, -0.05) is 30.3 Å². The number of para-hydroxylation sites is 1. The third-order valence-corrected chi connectivity index (χ3v) is 5.95. The second-order valence-corrected chi connectivity index (χ2v) is 8.02. The molecule has 35 heavy (non-hydrogen) atoms. The van der Waals surface area contributed by atoms with Gasteiger partial charge in [0.2, 0.25) is 0 Å². The number of hydrogen-bond donors (Lipinski definition) is 2. The number of aromatic amines is 1. The second kappa shape index (κ2) is 8.72. The molecule has 0 saturated carbocycles. The molecule has 1 aromatic heterocycles. The minimum Gasteiger partial charge on any atom is -0.507 e. The minimum absolute atomic E-state index is 0.0178. The first-order valence-corrected chi connectivity index (χ1v) is 11.0. The van der Waals surface area contributed by atoms with E-state index < -0.39 is 29.4 Å². The number of aliphatic hydroxyl groups is 1. The van der Waals surface area contributed by atoms with Crippen LogP contribution in [0.4, 0.5) is 14.5 Å². The SMILES string of the molecule is CCOc1cccc(C2/C(=C(/O)c3c[nH]c4ccccc34)C(=O)C(=O)N2c2ccc(F)c(F)c2)c1. The Hall–Kier alpha value is -4.46. The van der Waals surface area contributed by atoms with Crippen LogP contribution in [0.1, 0.15) is 24.1 Å². The summed E-state index contributed by atoms with van der Waals surface area (Å²) in [6.07, 6.45) is 1.55. The number of carbonyl (C=O) groups excluding carboxylic acids is 2. The minimum atomic E-state index is -1.16. The van der Waals surface area contributed by atoms with Crippen molar-refractivity contribution in [1.29, 1.82) is 0 Å². The van der Waals surface area contributed by atoms with Crippen LogP contribution in [0.3, 0.4) is 0 Å². The predicted octanol–water partition coefficient (Wildman–Crippen LogP) is 5.47. The highest BCUT2D eigenvalue weighted by molar-refractivity contribution is 6.51. The molecule has 1 saturated heterocycles. The van der Waals surface area contributed by atoms with Crippen molar-refractivity contribution in [3.63, 3.8) is 0 Å². The van der Waals surface area contributed by atoms with Crippen LogP contribution in [0, 0.1) is 11.6 Å². The lowest BCUT2D eigenvalue weighted by molar-refractivity contribution is -0.132. The Balaban J connectivity index is 1.75. The molecule has 1 unspecified atom stereocenters. The van der Waals surface area contributed by atoms with Crippen LogP contribution in [0.15, 0.2) is 78.5 Å². The number of fused-ring (bicyclic) bond motifs is 1. The molecule has 1 amide bonds. The summed E-state index contributed by atoms with van der Waals surface area (Å²) in [5.74, 6) is -4.04. The highest BCUT2D eigenvalue weighted by Gasteiger charge is 2.47. The number of ketones is 1. The zero-order valence-corrected chi connectivity index (χ0v) is 18.6. The number of Topliss-reactive ketones (excluding diaryl/α,β-unsaturated/α-hetero) is 1. The van der Waals surface area contributed by atoms with Crippen LogP contribution in [-0.4, -0.2) is 28.4 Å².